The molecule has 0 unspecified atom stereocenters. The molecular weight excluding hydrogens is 408 g/mol. The van der Waals surface area contributed by atoms with Crippen molar-refractivity contribution in [3.05, 3.63) is 68.1 Å². The van der Waals surface area contributed by atoms with E-state index in [0.717, 1.165) is 17.0 Å². The largest absolute Gasteiger partial charge is 0.390 e. The van der Waals surface area contributed by atoms with E-state index >= 15 is 0 Å². The van der Waals surface area contributed by atoms with Crippen molar-refractivity contribution in [2.45, 2.75) is 46.7 Å². The number of benzene rings is 1. The number of nitro groups is 1. The highest BCUT2D eigenvalue weighted by Crippen LogP contribution is 2.23. The number of rotatable bonds is 8. The van der Waals surface area contributed by atoms with Gasteiger partial charge >= 0.3 is 5.82 Å². The zero-order chi connectivity index (χ0) is 21.8. The first kappa shape index (κ1) is 21.5. The van der Waals surface area contributed by atoms with Crippen molar-refractivity contribution >= 4 is 29.0 Å². The van der Waals surface area contributed by atoms with Crippen molar-refractivity contribution in [1.29, 1.82) is 0 Å². The third kappa shape index (κ3) is 4.85. The summed E-state index contributed by atoms with van der Waals surface area (Å²) in [6.45, 7) is 6.44. The molecule has 0 fully saturated rings. The predicted molar refractivity (Wildman–Crippen MR) is 114 cm³/mol. The van der Waals surface area contributed by atoms with Crippen molar-refractivity contribution in [2.24, 2.45) is 0 Å². The van der Waals surface area contributed by atoms with Crippen LogP contribution < -0.4 is 5.32 Å². The minimum absolute atomic E-state index is 0.141. The fraction of sp³-hybridized carbons (Fsp3) is 0.350. The quantitative estimate of drug-likeness (QED) is 0.428. The highest BCUT2D eigenvalue weighted by atomic mass is 35.5. The lowest BCUT2D eigenvalue weighted by molar-refractivity contribution is -0.389. The predicted octanol–water partition coefficient (Wildman–Crippen LogP) is 4.03. The van der Waals surface area contributed by atoms with Crippen LogP contribution in [-0.4, -0.2) is 30.4 Å². The Morgan fingerprint density at radius 3 is 2.60 bits per heavy atom. The number of nitrogens with one attached hydrogen (secondary N) is 1. The Balaban J connectivity index is 1.59. The van der Waals surface area contributed by atoms with Gasteiger partial charge in [0, 0.05) is 11.4 Å². The molecule has 1 aromatic carbocycles. The Morgan fingerprint density at radius 2 is 1.93 bits per heavy atom. The van der Waals surface area contributed by atoms with Gasteiger partial charge in [-0.2, -0.15) is 9.78 Å². The van der Waals surface area contributed by atoms with E-state index in [1.165, 1.54) is 6.07 Å². The fourth-order valence-corrected chi connectivity index (χ4v) is 3.41. The van der Waals surface area contributed by atoms with Gasteiger partial charge in [0.15, 0.2) is 0 Å². The van der Waals surface area contributed by atoms with E-state index in [9.17, 15) is 14.9 Å². The molecule has 158 valence electrons. The van der Waals surface area contributed by atoms with E-state index in [1.807, 2.05) is 42.8 Å². The summed E-state index contributed by atoms with van der Waals surface area (Å²) in [4.78, 5) is 22.7. The zero-order valence-electron chi connectivity index (χ0n) is 17.1. The van der Waals surface area contributed by atoms with Crippen LogP contribution in [0.2, 0.25) is 5.02 Å². The molecule has 0 aliphatic carbocycles. The Hall–Kier alpha value is -3.20. The van der Waals surface area contributed by atoms with Gasteiger partial charge in [0.05, 0.1) is 47.0 Å². The standard InChI is InChI=1S/C20H23ClN6O3/c1-13-11-18(27(29)30)24-25(13)10-6-9-19(28)22-20-14(2)23-26(15(20)3)12-16-7-4-5-8-17(16)21/h4-5,7-8,11H,6,9-10,12H2,1-3H3,(H,22,28). The van der Waals surface area contributed by atoms with Crippen molar-refractivity contribution < 1.29 is 9.72 Å². The van der Waals surface area contributed by atoms with Gasteiger partial charge in [-0.3, -0.25) is 9.48 Å². The first-order valence-corrected chi connectivity index (χ1v) is 9.90. The summed E-state index contributed by atoms with van der Waals surface area (Å²) in [6.07, 6.45) is 0.777. The maximum Gasteiger partial charge on any atom is 0.390 e. The van der Waals surface area contributed by atoms with Gasteiger partial charge in [0.2, 0.25) is 5.91 Å². The average Bonchev–Trinajstić information content (AvgIpc) is 3.19. The molecule has 0 radical (unpaired) electrons. The molecular formula is C20H23ClN6O3. The van der Waals surface area contributed by atoms with Crippen LogP contribution >= 0.6 is 11.6 Å². The SMILES string of the molecule is Cc1nn(Cc2ccccc2Cl)c(C)c1NC(=O)CCCn1nc([N+](=O)[O-])cc1C. The molecule has 0 saturated heterocycles. The lowest BCUT2D eigenvalue weighted by Gasteiger charge is -2.08. The van der Waals surface area contributed by atoms with E-state index in [4.69, 9.17) is 11.6 Å². The van der Waals surface area contributed by atoms with Gasteiger partial charge in [-0.15, -0.1) is 0 Å². The second kappa shape index (κ2) is 9.08. The van der Waals surface area contributed by atoms with Gasteiger partial charge in [0.1, 0.15) is 0 Å². The van der Waals surface area contributed by atoms with Crippen LogP contribution in [-0.2, 0) is 17.9 Å². The molecule has 0 bridgehead atoms. The van der Waals surface area contributed by atoms with Crippen LogP contribution in [0.3, 0.4) is 0 Å². The van der Waals surface area contributed by atoms with E-state index < -0.39 is 4.92 Å². The number of anilines is 1. The van der Waals surface area contributed by atoms with Gasteiger partial charge in [-0.1, -0.05) is 29.8 Å². The molecule has 2 aromatic heterocycles. The average molecular weight is 431 g/mol. The lowest BCUT2D eigenvalue weighted by atomic mass is 10.2. The van der Waals surface area contributed by atoms with Gasteiger partial charge in [0.25, 0.3) is 0 Å². The maximum absolute atomic E-state index is 12.4. The molecule has 2 heterocycles. The van der Waals surface area contributed by atoms with E-state index in [2.05, 4.69) is 15.5 Å². The molecule has 0 aliphatic heterocycles. The molecule has 1 amide bonds. The van der Waals surface area contributed by atoms with Gasteiger partial charge in [-0.05, 0) is 43.7 Å². The monoisotopic (exact) mass is 430 g/mol. The molecule has 30 heavy (non-hydrogen) atoms. The Bertz CT molecular complexity index is 1090. The first-order chi connectivity index (χ1) is 14.3. The Morgan fingerprint density at radius 1 is 1.20 bits per heavy atom. The smallest absolute Gasteiger partial charge is 0.358 e. The summed E-state index contributed by atoms with van der Waals surface area (Å²) in [6, 6.07) is 8.99. The summed E-state index contributed by atoms with van der Waals surface area (Å²) in [7, 11) is 0. The van der Waals surface area contributed by atoms with Crippen molar-refractivity contribution in [1.82, 2.24) is 19.6 Å². The molecule has 10 heteroatoms. The topological polar surface area (TPSA) is 108 Å². The molecule has 0 aliphatic rings. The molecule has 0 spiro atoms. The number of hydrogen-bond acceptors (Lipinski definition) is 5. The van der Waals surface area contributed by atoms with Crippen molar-refractivity contribution in [2.75, 3.05) is 5.32 Å². The summed E-state index contributed by atoms with van der Waals surface area (Å²) in [5.41, 5.74) is 3.91. The van der Waals surface area contributed by atoms with E-state index in [0.29, 0.717) is 35.9 Å². The van der Waals surface area contributed by atoms with Crippen LogP contribution in [0.4, 0.5) is 11.5 Å². The van der Waals surface area contributed by atoms with E-state index in [1.54, 1.807) is 11.6 Å². The zero-order valence-corrected chi connectivity index (χ0v) is 17.8. The Kier molecular flexibility index (Phi) is 6.51. The number of aryl methyl sites for hydroxylation is 3. The third-order valence-corrected chi connectivity index (χ3v) is 5.22. The number of aromatic nitrogens is 4. The van der Waals surface area contributed by atoms with E-state index in [-0.39, 0.29) is 18.1 Å². The summed E-state index contributed by atoms with van der Waals surface area (Å²) >= 11 is 6.24. The molecule has 1 N–H and O–H groups in total. The Labute approximate surface area is 178 Å². The third-order valence-electron chi connectivity index (χ3n) is 4.85. The molecule has 0 saturated carbocycles. The number of halogens is 1. The summed E-state index contributed by atoms with van der Waals surface area (Å²) in [5.74, 6) is -0.327. The minimum Gasteiger partial charge on any atom is -0.358 e. The number of amides is 1. The second-order valence-electron chi connectivity index (χ2n) is 7.07. The first-order valence-electron chi connectivity index (χ1n) is 9.52. The second-order valence-corrected chi connectivity index (χ2v) is 7.48. The van der Waals surface area contributed by atoms with Crippen LogP contribution in [0, 0.1) is 30.9 Å². The van der Waals surface area contributed by atoms with Crippen LogP contribution in [0.1, 0.15) is 35.5 Å². The number of carbonyl (C=O) groups is 1. The highest BCUT2D eigenvalue weighted by Gasteiger charge is 2.17. The van der Waals surface area contributed by atoms with Gasteiger partial charge in [-0.25, -0.2) is 0 Å². The molecule has 3 aromatic rings. The lowest BCUT2D eigenvalue weighted by Crippen LogP contribution is -2.14. The minimum atomic E-state index is -0.526. The normalized spacial score (nSPS) is 10.9. The summed E-state index contributed by atoms with van der Waals surface area (Å²) in [5, 5.41) is 22.9. The van der Waals surface area contributed by atoms with Crippen molar-refractivity contribution in [3.63, 3.8) is 0 Å². The van der Waals surface area contributed by atoms with Crippen LogP contribution in [0.15, 0.2) is 30.3 Å². The summed E-state index contributed by atoms with van der Waals surface area (Å²) < 4.78 is 3.36. The maximum atomic E-state index is 12.4. The van der Waals surface area contributed by atoms with Crippen molar-refractivity contribution in [3.8, 4) is 0 Å². The number of carbonyl (C=O) groups excluding carboxylic acids is 1. The highest BCUT2D eigenvalue weighted by molar-refractivity contribution is 6.31. The molecule has 0 atom stereocenters. The fourth-order valence-electron chi connectivity index (χ4n) is 3.22. The van der Waals surface area contributed by atoms with Gasteiger partial charge < -0.3 is 15.4 Å². The number of nitrogens with zero attached hydrogens (tertiary/aromatic N) is 5. The molecule has 9 nitrogen and oxygen atoms in total. The van der Waals surface area contributed by atoms with Crippen LogP contribution in [0.5, 0.6) is 0 Å². The molecule has 3 rings (SSSR count). The van der Waals surface area contributed by atoms with Crippen LogP contribution in [0.25, 0.3) is 0 Å². The number of hydrogen-bond donors (Lipinski definition) is 1.